The lowest BCUT2D eigenvalue weighted by atomic mass is 10.2. The van der Waals surface area contributed by atoms with E-state index < -0.39 is 6.03 Å². The Morgan fingerprint density at radius 1 is 1.28 bits per heavy atom. The van der Waals surface area contributed by atoms with Crippen molar-refractivity contribution in [3.63, 3.8) is 0 Å². The number of rotatable bonds is 8. The molecular weight excluding hydrogens is 232 g/mol. The Bertz CT molecular complexity index is 256. The lowest BCUT2D eigenvalue weighted by molar-refractivity contribution is -0.120. The molecule has 0 aromatic heterocycles. The van der Waals surface area contributed by atoms with Crippen LogP contribution in [0, 0.1) is 5.92 Å². The van der Waals surface area contributed by atoms with Crippen LogP contribution in [0.5, 0.6) is 0 Å². The predicted octanol–water partition coefficient (Wildman–Crippen LogP) is 0.00950. The number of carbonyl (C=O) groups is 2. The van der Waals surface area contributed by atoms with Crippen LogP contribution in [0.1, 0.15) is 20.3 Å². The van der Waals surface area contributed by atoms with Gasteiger partial charge in [-0.05, 0) is 39.5 Å². The molecule has 6 nitrogen and oxygen atoms in total. The molecule has 0 aliphatic rings. The van der Waals surface area contributed by atoms with Crippen LogP contribution in [0.4, 0.5) is 4.79 Å². The number of hydrogen-bond acceptors (Lipinski definition) is 4. The molecule has 0 radical (unpaired) electrons. The van der Waals surface area contributed by atoms with Crippen molar-refractivity contribution in [2.45, 2.75) is 20.3 Å². The summed E-state index contributed by atoms with van der Waals surface area (Å²) in [5.74, 6) is 0.0956. The number of nitrogens with zero attached hydrogens (tertiary/aromatic N) is 1. The van der Waals surface area contributed by atoms with Gasteiger partial charge in [-0.2, -0.15) is 0 Å². The van der Waals surface area contributed by atoms with Crippen LogP contribution < -0.4 is 16.0 Å². The van der Waals surface area contributed by atoms with E-state index in [4.69, 9.17) is 0 Å². The number of urea groups is 1. The van der Waals surface area contributed by atoms with Gasteiger partial charge in [0.25, 0.3) is 0 Å². The molecule has 0 rings (SSSR count). The van der Waals surface area contributed by atoms with Crippen LogP contribution >= 0.6 is 0 Å². The molecule has 0 saturated heterocycles. The van der Waals surface area contributed by atoms with Crippen molar-refractivity contribution in [1.29, 1.82) is 0 Å². The molecule has 0 bridgehead atoms. The van der Waals surface area contributed by atoms with Crippen molar-refractivity contribution in [2.75, 3.05) is 40.3 Å². The fraction of sp³-hybridized carbons (Fsp3) is 0.833. The van der Waals surface area contributed by atoms with Crippen molar-refractivity contribution < 1.29 is 9.59 Å². The van der Waals surface area contributed by atoms with E-state index in [1.165, 1.54) is 0 Å². The number of likely N-dealkylation sites (N-methyl/N-ethyl adjacent to an activating group) is 1. The van der Waals surface area contributed by atoms with Gasteiger partial charge >= 0.3 is 6.03 Å². The molecule has 0 aliphatic heterocycles. The first kappa shape index (κ1) is 16.9. The molecular formula is C12H26N4O2. The minimum atomic E-state index is -0.419. The van der Waals surface area contributed by atoms with Crippen LogP contribution in [0.25, 0.3) is 0 Å². The molecule has 0 fully saturated rings. The second kappa shape index (κ2) is 9.85. The average Bonchev–Trinajstić information content (AvgIpc) is 2.26. The van der Waals surface area contributed by atoms with Crippen molar-refractivity contribution in [1.82, 2.24) is 20.9 Å². The van der Waals surface area contributed by atoms with Gasteiger partial charge in [0.15, 0.2) is 0 Å². The molecule has 106 valence electrons. The van der Waals surface area contributed by atoms with Gasteiger partial charge < -0.3 is 10.6 Å². The SMILES string of the molecule is CNCCCN(C)CC(=O)NC(=O)NCC(C)C. The zero-order valence-electron chi connectivity index (χ0n) is 11.9. The van der Waals surface area contributed by atoms with E-state index in [0.29, 0.717) is 12.5 Å². The second-order valence-corrected chi connectivity index (χ2v) is 4.85. The molecule has 0 spiro atoms. The highest BCUT2D eigenvalue weighted by atomic mass is 16.2. The highest BCUT2D eigenvalue weighted by molar-refractivity contribution is 5.95. The van der Waals surface area contributed by atoms with E-state index in [9.17, 15) is 9.59 Å². The van der Waals surface area contributed by atoms with Crippen molar-refractivity contribution in [3.8, 4) is 0 Å². The summed E-state index contributed by atoms with van der Waals surface area (Å²) in [4.78, 5) is 24.7. The maximum absolute atomic E-state index is 11.5. The largest absolute Gasteiger partial charge is 0.338 e. The highest BCUT2D eigenvalue weighted by Gasteiger charge is 2.10. The highest BCUT2D eigenvalue weighted by Crippen LogP contribution is 1.88. The Morgan fingerprint density at radius 2 is 1.94 bits per heavy atom. The van der Waals surface area contributed by atoms with Crippen LogP contribution in [0.2, 0.25) is 0 Å². The number of nitrogens with one attached hydrogen (secondary N) is 3. The third-order valence-electron chi connectivity index (χ3n) is 2.30. The topological polar surface area (TPSA) is 73.5 Å². The molecule has 0 unspecified atom stereocenters. The fourth-order valence-electron chi connectivity index (χ4n) is 1.36. The molecule has 0 aromatic carbocycles. The summed E-state index contributed by atoms with van der Waals surface area (Å²) in [6, 6.07) is -0.419. The normalized spacial score (nSPS) is 10.8. The Labute approximate surface area is 109 Å². The lowest BCUT2D eigenvalue weighted by Gasteiger charge is -2.16. The number of carbonyl (C=O) groups excluding carboxylic acids is 2. The van der Waals surface area contributed by atoms with E-state index in [0.717, 1.165) is 19.5 Å². The summed E-state index contributed by atoms with van der Waals surface area (Å²) in [5, 5.41) is 7.99. The van der Waals surface area contributed by atoms with Gasteiger partial charge in [-0.15, -0.1) is 0 Å². The van der Waals surface area contributed by atoms with E-state index in [1.807, 2.05) is 32.8 Å². The first-order valence-corrected chi connectivity index (χ1v) is 6.36. The van der Waals surface area contributed by atoms with E-state index in [1.54, 1.807) is 0 Å². The van der Waals surface area contributed by atoms with Gasteiger partial charge in [0.2, 0.25) is 5.91 Å². The Morgan fingerprint density at radius 3 is 2.50 bits per heavy atom. The summed E-state index contributed by atoms with van der Waals surface area (Å²) in [5.41, 5.74) is 0. The zero-order valence-corrected chi connectivity index (χ0v) is 11.9. The van der Waals surface area contributed by atoms with Gasteiger partial charge in [-0.3, -0.25) is 15.0 Å². The summed E-state index contributed by atoms with van der Waals surface area (Å²) in [6.07, 6.45) is 0.972. The van der Waals surface area contributed by atoms with Crippen molar-refractivity contribution in [2.24, 2.45) is 5.92 Å². The van der Waals surface area contributed by atoms with E-state index >= 15 is 0 Å². The lowest BCUT2D eigenvalue weighted by Crippen LogP contribution is -2.44. The molecule has 0 heterocycles. The van der Waals surface area contributed by atoms with Crippen LogP contribution in [0.3, 0.4) is 0 Å². The Balaban J connectivity index is 3.71. The van der Waals surface area contributed by atoms with E-state index in [2.05, 4.69) is 16.0 Å². The van der Waals surface area contributed by atoms with Crippen molar-refractivity contribution in [3.05, 3.63) is 0 Å². The predicted molar refractivity (Wildman–Crippen MR) is 72.4 cm³/mol. The number of amides is 3. The van der Waals surface area contributed by atoms with Crippen molar-refractivity contribution >= 4 is 11.9 Å². The van der Waals surface area contributed by atoms with Gasteiger partial charge in [0, 0.05) is 6.54 Å². The maximum atomic E-state index is 11.5. The fourth-order valence-corrected chi connectivity index (χ4v) is 1.36. The molecule has 0 aromatic rings. The first-order valence-electron chi connectivity index (χ1n) is 6.36. The minimum Gasteiger partial charge on any atom is -0.338 e. The van der Waals surface area contributed by atoms with Gasteiger partial charge in [0.05, 0.1) is 6.54 Å². The number of imide groups is 1. The van der Waals surface area contributed by atoms with Crippen LogP contribution in [-0.4, -0.2) is 57.1 Å². The van der Waals surface area contributed by atoms with Gasteiger partial charge in [-0.1, -0.05) is 13.8 Å². The molecule has 0 aliphatic carbocycles. The van der Waals surface area contributed by atoms with Crippen LogP contribution in [0.15, 0.2) is 0 Å². The third kappa shape index (κ3) is 10.0. The van der Waals surface area contributed by atoms with Gasteiger partial charge in [-0.25, -0.2) is 4.79 Å². The average molecular weight is 258 g/mol. The molecule has 3 N–H and O–H groups in total. The minimum absolute atomic E-state index is 0.235. The monoisotopic (exact) mass is 258 g/mol. The molecule has 18 heavy (non-hydrogen) atoms. The zero-order chi connectivity index (χ0) is 14.0. The standard InChI is InChI=1S/C12H26N4O2/c1-10(2)8-14-12(18)15-11(17)9-16(4)7-5-6-13-3/h10,13H,5-9H2,1-4H3,(H2,14,15,17,18). The number of hydrogen-bond donors (Lipinski definition) is 3. The summed E-state index contributed by atoms with van der Waals surface area (Å²) >= 11 is 0. The molecule has 0 atom stereocenters. The summed E-state index contributed by atoms with van der Waals surface area (Å²) in [6.45, 7) is 6.54. The van der Waals surface area contributed by atoms with Crippen LogP contribution in [-0.2, 0) is 4.79 Å². The quantitative estimate of drug-likeness (QED) is 0.536. The second-order valence-electron chi connectivity index (χ2n) is 4.85. The summed E-state index contributed by atoms with van der Waals surface area (Å²) < 4.78 is 0. The smallest absolute Gasteiger partial charge is 0.321 e. The molecule has 3 amide bonds. The Hall–Kier alpha value is -1.14. The van der Waals surface area contributed by atoms with Gasteiger partial charge in [0.1, 0.15) is 0 Å². The summed E-state index contributed by atoms with van der Waals surface area (Å²) in [7, 11) is 3.76. The molecule has 0 saturated carbocycles. The Kier molecular flexibility index (Phi) is 9.22. The van der Waals surface area contributed by atoms with E-state index in [-0.39, 0.29) is 12.5 Å². The third-order valence-corrected chi connectivity index (χ3v) is 2.30. The first-order chi connectivity index (χ1) is 8.45. The molecule has 6 heteroatoms. The maximum Gasteiger partial charge on any atom is 0.321 e.